The van der Waals surface area contributed by atoms with Crippen LogP contribution in [0.1, 0.15) is 26.2 Å². The zero-order chi connectivity index (χ0) is 10.9. The van der Waals surface area contributed by atoms with Gasteiger partial charge < -0.3 is 5.73 Å². The van der Waals surface area contributed by atoms with E-state index in [9.17, 15) is 0 Å². The molecule has 1 aromatic rings. The summed E-state index contributed by atoms with van der Waals surface area (Å²) in [5, 5.41) is 1.09. The van der Waals surface area contributed by atoms with Gasteiger partial charge in [0.2, 0.25) is 0 Å². The van der Waals surface area contributed by atoms with Crippen molar-refractivity contribution in [1.29, 1.82) is 0 Å². The summed E-state index contributed by atoms with van der Waals surface area (Å²) in [5.41, 5.74) is 5.68. The lowest BCUT2D eigenvalue weighted by Gasteiger charge is -2.03. The Balaban J connectivity index is 1.98. The maximum absolute atomic E-state index is 5.68. The second-order valence-electron chi connectivity index (χ2n) is 3.55. The second-order valence-corrected chi connectivity index (χ2v) is 5.98. The van der Waals surface area contributed by atoms with Gasteiger partial charge in [0.1, 0.15) is 5.03 Å². The Kier molecular flexibility index (Phi) is 6.88. The van der Waals surface area contributed by atoms with E-state index in [0.717, 1.165) is 11.4 Å². The SMILES string of the molecule is CC(N)CCCCSSc1ccccn1. The van der Waals surface area contributed by atoms with Crippen molar-refractivity contribution >= 4 is 21.6 Å². The van der Waals surface area contributed by atoms with Crippen LogP contribution in [0.25, 0.3) is 0 Å². The first-order valence-electron chi connectivity index (χ1n) is 5.25. The molecule has 0 aliphatic heterocycles. The fourth-order valence-electron chi connectivity index (χ4n) is 1.13. The summed E-state index contributed by atoms with van der Waals surface area (Å²) in [7, 11) is 3.62. The highest BCUT2D eigenvalue weighted by Gasteiger charge is 1.96. The van der Waals surface area contributed by atoms with Gasteiger partial charge in [-0.3, -0.25) is 0 Å². The zero-order valence-corrected chi connectivity index (χ0v) is 10.7. The Morgan fingerprint density at radius 2 is 2.27 bits per heavy atom. The van der Waals surface area contributed by atoms with Crippen molar-refractivity contribution in [2.45, 2.75) is 37.3 Å². The highest BCUT2D eigenvalue weighted by molar-refractivity contribution is 8.76. The van der Waals surface area contributed by atoms with Gasteiger partial charge in [0.05, 0.1) is 0 Å². The van der Waals surface area contributed by atoms with Crippen molar-refractivity contribution in [3.05, 3.63) is 24.4 Å². The van der Waals surface area contributed by atoms with E-state index in [1.165, 1.54) is 18.6 Å². The third kappa shape index (κ3) is 6.82. The van der Waals surface area contributed by atoms with E-state index in [0.29, 0.717) is 6.04 Å². The smallest absolute Gasteiger partial charge is 0.106 e. The number of nitrogens with two attached hydrogens (primary N) is 1. The van der Waals surface area contributed by atoms with Crippen LogP contribution in [0.5, 0.6) is 0 Å². The van der Waals surface area contributed by atoms with Crippen LogP contribution >= 0.6 is 21.6 Å². The number of unbranched alkanes of at least 4 members (excludes halogenated alkanes) is 1. The van der Waals surface area contributed by atoms with Crippen molar-refractivity contribution in [2.75, 3.05) is 5.75 Å². The van der Waals surface area contributed by atoms with Gasteiger partial charge in [0.25, 0.3) is 0 Å². The molecule has 4 heteroatoms. The largest absolute Gasteiger partial charge is 0.328 e. The molecule has 0 saturated heterocycles. The quantitative estimate of drug-likeness (QED) is 0.588. The number of rotatable bonds is 7. The molecule has 15 heavy (non-hydrogen) atoms. The number of hydrogen-bond donors (Lipinski definition) is 1. The molecule has 84 valence electrons. The lowest BCUT2D eigenvalue weighted by Crippen LogP contribution is -2.13. The monoisotopic (exact) mass is 242 g/mol. The third-order valence-corrected chi connectivity index (χ3v) is 4.27. The fourth-order valence-corrected chi connectivity index (χ4v) is 3.15. The molecule has 0 saturated carbocycles. The molecule has 0 amide bonds. The summed E-state index contributed by atoms with van der Waals surface area (Å²) < 4.78 is 0. The van der Waals surface area contributed by atoms with Crippen LogP contribution in [0.2, 0.25) is 0 Å². The number of pyridine rings is 1. The molecule has 1 atom stereocenters. The van der Waals surface area contributed by atoms with Crippen LogP contribution < -0.4 is 5.73 Å². The average Bonchev–Trinajstić information content (AvgIpc) is 2.24. The van der Waals surface area contributed by atoms with Crippen molar-refractivity contribution in [3.63, 3.8) is 0 Å². The first-order chi connectivity index (χ1) is 7.29. The standard InChI is InChI=1S/C11H18N2S2/c1-10(12)6-3-5-9-14-15-11-7-2-4-8-13-11/h2,4,7-8,10H,3,5-6,9,12H2,1H3. The Hall–Kier alpha value is -0.190. The van der Waals surface area contributed by atoms with E-state index in [1.54, 1.807) is 10.8 Å². The summed E-state index contributed by atoms with van der Waals surface area (Å²) in [6.07, 6.45) is 5.44. The molecule has 1 rings (SSSR count). The highest BCUT2D eigenvalue weighted by atomic mass is 33.1. The molecule has 1 heterocycles. The van der Waals surface area contributed by atoms with Gasteiger partial charge in [-0.25, -0.2) is 4.98 Å². The highest BCUT2D eigenvalue weighted by Crippen LogP contribution is 2.29. The molecule has 0 bridgehead atoms. The van der Waals surface area contributed by atoms with Gasteiger partial charge in [0, 0.05) is 18.0 Å². The molecule has 0 aliphatic carbocycles. The van der Waals surface area contributed by atoms with Crippen molar-refractivity contribution in [1.82, 2.24) is 4.98 Å². The minimum Gasteiger partial charge on any atom is -0.328 e. The Morgan fingerprint density at radius 3 is 2.93 bits per heavy atom. The maximum Gasteiger partial charge on any atom is 0.106 e. The molecular formula is C11H18N2S2. The van der Waals surface area contributed by atoms with Crippen LogP contribution in [-0.4, -0.2) is 16.8 Å². The van der Waals surface area contributed by atoms with E-state index in [4.69, 9.17) is 5.73 Å². The van der Waals surface area contributed by atoms with Gasteiger partial charge in [-0.05, 0) is 42.7 Å². The summed E-state index contributed by atoms with van der Waals surface area (Å²) in [4.78, 5) is 4.25. The van der Waals surface area contributed by atoms with E-state index in [1.807, 2.05) is 35.2 Å². The van der Waals surface area contributed by atoms with E-state index in [-0.39, 0.29) is 0 Å². The summed E-state index contributed by atoms with van der Waals surface area (Å²) in [5.74, 6) is 1.17. The number of nitrogens with zero attached hydrogens (tertiary/aromatic N) is 1. The van der Waals surface area contributed by atoms with Crippen LogP contribution in [-0.2, 0) is 0 Å². The second kappa shape index (κ2) is 8.02. The minimum absolute atomic E-state index is 0.346. The average molecular weight is 242 g/mol. The lowest BCUT2D eigenvalue weighted by atomic mass is 10.2. The van der Waals surface area contributed by atoms with Crippen LogP contribution in [0.4, 0.5) is 0 Å². The van der Waals surface area contributed by atoms with Crippen LogP contribution in [0.15, 0.2) is 29.4 Å². The van der Waals surface area contributed by atoms with Gasteiger partial charge in [-0.15, -0.1) is 0 Å². The Labute approximate surface area is 99.8 Å². The molecule has 1 aromatic heterocycles. The molecule has 0 aromatic carbocycles. The van der Waals surface area contributed by atoms with E-state index in [2.05, 4.69) is 11.9 Å². The molecule has 0 spiro atoms. The van der Waals surface area contributed by atoms with E-state index < -0.39 is 0 Å². The summed E-state index contributed by atoms with van der Waals surface area (Å²) >= 11 is 0. The zero-order valence-electron chi connectivity index (χ0n) is 9.06. The number of aromatic nitrogens is 1. The van der Waals surface area contributed by atoms with Gasteiger partial charge in [-0.2, -0.15) is 0 Å². The van der Waals surface area contributed by atoms with Crippen molar-refractivity contribution in [2.24, 2.45) is 5.73 Å². The third-order valence-electron chi connectivity index (χ3n) is 1.92. The molecule has 0 fully saturated rings. The first-order valence-corrected chi connectivity index (χ1v) is 7.57. The lowest BCUT2D eigenvalue weighted by molar-refractivity contribution is 0.618. The first kappa shape index (κ1) is 12.9. The Morgan fingerprint density at radius 1 is 1.40 bits per heavy atom. The van der Waals surface area contributed by atoms with Crippen molar-refractivity contribution in [3.8, 4) is 0 Å². The predicted molar refractivity (Wildman–Crippen MR) is 70.1 cm³/mol. The molecule has 0 aliphatic rings. The molecule has 1 unspecified atom stereocenters. The van der Waals surface area contributed by atoms with E-state index >= 15 is 0 Å². The predicted octanol–water partition coefficient (Wildman–Crippen LogP) is 3.34. The van der Waals surface area contributed by atoms with Crippen LogP contribution in [0, 0.1) is 0 Å². The minimum atomic E-state index is 0.346. The van der Waals surface area contributed by atoms with Crippen LogP contribution in [0.3, 0.4) is 0 Å². The van der Waals surface area contributed by atoms with Crippen molar-refractivity contribution < 1.29 is 0 Å². The summed E-state index contributed by atoms with van der Waals surface area (Å²) in [6, 6.07) is 6.35. The van der Waals surface area contributed by atoms with Gasteiger partial charge in [-0.1, -0.05) is 23.3 Å². The maximum atomic E-state index is 5.68. The fraction of sp³-hybridized carbons (Fsp3) is 0.545. The Bertz CT molecular complexity index is 252. The molecular weight excluding hydrogens is 224 g/mol. The normalized spacial score (nSPS) is 12.7. The molecule has 2 nitrogen and oxygen atoms in total. The van der Waals surface area contributed by atoms with Gasteiger partial charge >= 0.3 is 0 Å². The summed E-state index contributed by atoms with van der Waals surface area (Å²) in [6.45, 7) is 2.07. The number of hydrogen-bond acceptors (Lipinski definition) is 4. The topological polar surface area (TPSA) is 38.9 Å². The molecule has 0 radical (unpaired) electrons. The van der Waals surface area contributed by atoms with Gasteiger partial charge in [0.15, 0.2) is 0 Å². The molecule has 2 N–H and O–H groups in total.